The number of hydrogen-bond acceptors (Lipinski definition) is 6. The quantitative estimate of drug-likeness (QED) is 0.319. The van der Waals surface area contributed by atoms with Crippen molar-refractivity contribution in [3.8, 4) is 0 Å². The van der Waals surface area contributed by atoms with Crippen molar-refractivity contribution >= 4 is 28.6 Å². The molecule has 212 valence electrons. The molecule has 0 amide bonds. The van der Waals surface area contributed by atoms with Crippen LogP contribution in [0.2, 0.25) is 0 Å². The molecule has 2 aliphatic rings. The van der Waals surface area contributed by atoms with Gasteiger partial charge in [-0.15, -0.1) is 22.7 Å². The number of halogens is 1. The maximum absolute atomic E-state index is 13.2. The van der Waals surface area contributed by atoms with E-state index < -0.39 is 12.0 Å². The molecule has 5 nitrogen and oxygen atoms in total. The van der Waals surface area contributed by atoms with Gasteiger partial charge >= 0.3 is 5.97 Å². The Balaban J connectivity index is 0.000000181. The minimum absolute atomic E-state index is 0.0729. The Bertz CT molecular complexity index is 1190. The molecule has 0 aliphatic carbocycles. The van der Waals surface area contributed by atoms with Crippen molar-refractivity contribution < 1.29 is 14.3 Å². The van der Waals surface area contributed by atoms with Crippen LogP contribution in [0.15, 0.2) is 41.8 Å². The van der Waals surface area contributed by atoms with Crippen LogP contribution in [-0.2, 0) is 17.6 Å². The summed E-state index contributed by atoms with van der Waals surface area (Å²) in [5.41, 5.74) is 2.33. The normalized spacial score (nSPS) is 19.7. The zero-order chi connectivity index (χ0) is 27.9. The van der Waals surface area contributed by atoms with Crippen molar-refractivity contribution in [1.82, 2.24) is 14.8 Å². The van der Waals surface area contributed by atoms with Gasteiger partial charge in [0.05, 0.1) is 10.7 Å². The van der Waals surface area contributed by atoms with Crippen LogP contribution in [0.4, 0.5) is 4.39 Å². The van der Waals surface area contributed by atoms with E-state index in [9.17, 15) is 14.3 Å². The molecule has 4 heterocycles. The molecule has 2 fully saturated rings. The second-order valence-electron chi connectivity index (χ2n) is 11.2. The molecule has 2 saturated heterocycles. The van der Waals surface area contributed by atoms with Crippen molar-refractivity contribution in [3.05, 3.63) is 73.6 Å². The first-order valence-electron chi connectivity index (χ1n) is 14.2. The van der Waals surface area contributed by atoms with Gasteiger partial charge in [0.1, 0.15) is 11.9 Å². The van der Waals surface area contributed by atoms with Gasteiger partial charge in [0.2, 0.25) is 0 Å². The summed E-state index contributed by atoms with van der Waals surface area (Å²) in [6, 6.07) is 10.5. The lowest BCUT2D eigenvalue weighted by Gasteiger charge is -2.28. The number of aryl methyl sites for hydroxylation is 1. The van der Waals surface area contributed by atoms with Crippen LogP contribution in [-0.4, -0.2) is 65.1 Å². The van der Waals surface area contributed by atoms with Gasteiger partial charge in [-0.2, -0.15) is 0 Å². The van der Waals surface area contributed by atoms with Crippen LogP contribution >= 0.6 is 22.7 Å². The summed E-state index contributed by atoms with van der Waals surface area (Å²) in [6.45, 7) is 10.00. The van der Waals surface area contributed by atoms with E-state index in [0.717, 1.165) is 37.3 Å². The Hall–Kier alpha value is -2.13. The molecular weight excluding hydrogens is 529 g/mol. The Morgan fingerprint density at radius 3 is 2.49 bits per heavy atom. The van der Waals surface area contributed by atoms with Crippen LogP contribution < -0.4 is 0 Å². The van der Waals surface area contributed by atoms with Crippen molar-refractivity contribution in [2.75, 3.05) is 33.2 Å². The molecule has 2 aromatic heterocycles. The zero-order valence-corrected chi connectivity index (χ0v) is 25.2. The monoisotopic (exact) mass is 571 g/mol. The molecule has 8 heteroatoms. The number of thiophene rings is 1. The smallest absolute Gasteiger partial charge is 0.321 e. The number of thiazole rings is 1. The van der Waals surface area contributed by atoms with E-state index in [1.54, 1.807) is 17.0 Å². The van der Waals surface area contributed by atoms with Gasteiger partial charge in [-0.3, -0.25) is 9.69 Å². The molecule has 39 heavy (non-hydrogen) atoms. The number of rotatable bonds is 8. The molecule has 5 rings (SSSR count). The van der Waals surface area contributed by atoms with Crippen LogP contribution in [0.1, 0.15) is 77.9 Å². The zero-order valence-electron chi connectivity index (χ0n) is 23.6. The first-order chi connectivity index (χ1) is 18.7. The van der Waals surface area contributed by atoms with E-state index in [1.807, 2.05) is 47.5 Å². The number of hydrogen-bond donors (Lipinski definition) is 1. The van der Waals surface area contributed by atoms with Gasteiger partial charge in [0, 0.05) is 22.7 Å². The molecule has 0 bridgehead atoms. The number of carbonyl (C=O) groups is 1. The lowest BCUT2D eigenvalue weighted by Crippen LogP contribution is -2.43. The third-order valence-corrected chi connectivity index (χ3v) is 10.1. The lowest BCUT2D eigenvalue weighted by atomic mass is 9.94. The summed E-state index contributed by atoms with van der Waals surface area (Å²) in [6.07, 6.45) is 5.57. The van der Waals surface area contributed by atoms with Gasteiger partial charge in [0.25, 0.3) is 0 Å². The maximum Gasteiger partial charge on any atom is 0.321 e. The highest BCUT2D eigenvalue weighted by Crippen LogP contribution is 2.35. The standard InChI is InChI=1S/C16H22N2S2.C15H20FNO2/c1-3-14-16(12-6-8-18(2)9-7-12)20-15(17-14)11-13-5-4-10-19-13;1-10(2)14(15(18)19)17-7-6-12(9-17)11-4-3-5-13(16)8-11/h4-5,10,12H,3,6-9,11H2,1-2H3;3-5,8,10,12,14H,6-7,9H2,1-2H3,(H,18,19). The number of carboxylic acid groups (broad SMARTS) is 1. The Morgan fingerprint density at radius 1 is 1.13 bits per heavy atom. The summed E-state index contributed by atoms with van der Waals surface area (Å²) in [7, 11) is 2.23. The number of benzene rings is 1. The van der Waals surface area contributed by atoms with Gasteiger partial charge in [0.15, 0.2) is 0 Å². The number of likely N-dealkylation sites (tertiary alicyclic amines) is 2. The fraction of sp³-hybridized carbons (Fsp3) is 0.548. The minimum atomic E-state index is -0.769. The van der Waals surface area contributed by atoms with Crippen LogP contribution in [0.25, 0.3) is 0 Å². The molecule has 0 spiro atoms. The van der Waals surface area contributed by atoms with Gasteiger partial charge in [-0.1, -0.05) is 39.0 Å². The molecule has 2 atom stereocenters. The number of piperidine rings is 1. The first-order valence-corrected chi connectivity index (χ1v) is 15.9. The summed E-state index contributed by atoms with van der Waals surface area (Å²) < 4.78 is 13.2. The van der Waals surface area contributed by atoms with E-state index in [4.69, 9.17) is 4.98 Å². The van der Waals surface area contributed by atoms with Crippen molar-refractivity contribution in [1.29, 1.82) is 0 Å². The second kappa shape index (κ2) is 14.0. The van der Waals surface area contributed by atoms with Crippen molar-refractivity contribution in [2.45, 2.75) is 70.8 Å². The number of nitrogens with zero attached hydrogens (tertiary/aromatic N) is 3. The van der Waals surface area contributed by atoms with E-state index in [-0.39, 0.29) is 17.7 Å². The summed E-state index contributed by atoms with van der Waals surface area (Å²) in [4.78, 5) is 23.7. The third-order valence-electron chi connectivity index (χ3n) is 7.92. The fourth-order valence-electron chi connectivity index (χ4n) is 5.83. The van der Waals surface area contributed by atoms with Crippen LogP contribution in [0, 0.1) is 11.7 Å². The molecule has 2 aliphatic heterocycles. The molecular formula is C31H42FN3O2S2. The van der Waals surface area contributed by atoms with Gasteiger partial charge in [-0.05, 0) is 99.3 Å². The Kier molecular flexibility index (Phi) is 10.7. The molecule has 0 radical (unpaired) electrons. The molecule has 0 saturated carbocycles. The predicted molar refractivity (Wildman–Crippen MR) is 160 cm³/mol. The summed E-state index contributed by atoms with van der Waals surface area (Å²) in [5.74, 6) is 0.0558. The molecule has 1 N–H and O–H groups in total. The Morgan fingerprint density at radius 2 is 1.87 bits per heavy atom. The lowest BCUT2D eigenvalue weighted by molar-refractivity contribution is -0.144. The van der Waals surface area contributed by atoms with E-state index in [2.05, 4.69) is 36.4 Å². The number of carboxylic acids is 1. The summed E-state index contributed by atoms with van der Waals surface area (Å²) in [5, 5.41) is 12.8. The number of aliphatic carboxylic acids is 1. The summed E-state index contributed by atoms with van der Waals surface area (Å²) >= 11 is 3.80. The van der Waals surface area contributed by atoms with E-state index >= 15 is 0 Å². The van der Waals surface area contributed by atoms with Gasteiger partial charge < -0.3 is 10.0 Å². The molecule has 1 aromatic carbocycles. The maximum atomic E-state index is 13.2. The Labute approximate surface area is 240 Å². The minimum Gasteiger partial charge on any atom is -0.480 e. The highest BCUT2D eigenvalue weighted by Gasteiger charge is 2.34. The predicted octanol–water partition coefficient (Wildman–Crippen LogP) is 6.89. The number of aromatic nitrogens is 1. The van der Waals surface area contributed by atoms with Gasteiger partial charge in [-0.25, -0.2) is 9.37 Å². The topological polar surface area (TPSA) is 56.7 Å². The molecule has 2 unspecified atom stereocenters. The van der Waals surface area contributed by atoms with Crippen molar-refractivity contribution in [3.63, 3.8) is 0 Å². The van der Waals surface area contributed by atoms with E-state index in [1.165, 1.54) is 47.6 Å². The second-order valence-corrected chi connectivity index (χ2v) is 13.3. The van der Waals surface area contributed by atoms with Crippen LogP contribution in [0.3, 0.4) is 0 Å². The highest BCUT2D eigenvalue weighted by atomic mass is 32.1. The fourth-order valence-corrected chi connectivity index (χ4v) is 7.98. The van der Waals surface area contributed by atoms with Crippen LogP contribution in [0.5, 0.6) is 0 Å². The first kappa shape index (κ1) is 29.8. The average molecular weight is 572 g/mol. The SMILES string of the molecule is CC(C)C(C(=O)O)N1CCC(c2cccc(F)c2)C1.CCc1nc(Cc2cccs2)sc1C1CCN(C)CC1. The van der Waals surface area contributed by atoms with Crippen molar-refractivity contribution in [2.24, 2.45) is 5.92 Å². The third kappa shape index (κ3) is 7.97. The molecule has 3 aromatic rings. The van der Waals surface area contributed by atoms with E-state index in [0.29, 0.717) is 6.54 Å². The average Bonchev–Trinajstić information content (AvgIpc) is 3.67. The highest BCUT2D eigenvalue weighted by molar-refractivity contribution is 7.12. The largest absolute Gasteiger partial charge is 0.480 e.